The number of nitrogens with zero attached hydrogens (tertiary/aromatic N) is 2. The molecule has 0 spiro atoms. The molecular weight excluding hydrogens is 408 g/mol. The van der Waals surface area contributed by atoms with Crippen LogP contribution in [-0.2, 0) is 16.4 Å². The van der Waals surface area contributed by atoms with Gasteiger partial charge in [-0.3, -0.25) is 4.79 Å². The van der Waals surface area contributed by atoms with Crippen molar-refractivity contribution in [2.24, 2.45) is 0 Å². The van der Waals surface area contributed by atoms with Gasteiger partial charge in [0.15, 0.2) is 0 Å². The quantitative estimate of drug-likeness (QED) is 0.616. The Morgan fingerprint density at radius 3 is 2.16 bits per heavy atom. The summed E-state index contributed by atoms with van der Waals surface area (Å²) in [5, 5.41) is 0. The van der Waals surface area contributed by atoms with Crippen LogP contribution < -0.4 is 4.90 Å². The third-order valence-electron chi connectivity index (χ3n) is 6.13. The zero-order valence-electron chi connectivity index (χ0n) is 17.2. The van der Waals surface area contributed by atoms with E-state index in [1.807, 2.05) is 54.6 Å². The van der Waals surface area contributed by atoms with Crippen molar-refractivity contribution in [3.63, 3.8) is 0 Å². The van der Waals surface area contributed by atoms with E-state index in [2.05, 4.69) is 0 Å². The molecule has 2 heterocycles. The van der Waals surface area contributed by atoms with Gasteiger partial charge in [-0.05, 0) is 66.3 Å². The van der Waals surface area contributed by atoms with E-state index in [0.29, 0.717) is 36.5 Å². The number of carbonyl (C=O) groups is 1. The summed E-state index contributed by atoms with van der Waals surface area (Å²) in [5.74, 6) is -0.0616. The normalized spacial score (nSPS) is 16.5. The second kappa shape index (κ2) is 7.94. The van der Waals surface area contributed by atoms with Gasteiger partial charge in [0.05, 0.1) is 4.90 Å². The summed E-state index contributed by atoms with van der Waals surface area (Å²) < 4.78 is 27.3. The van der Waals surface area contributed by atoms with E-state index in [-0.39, 0.29) is 5.91 Å². The monoisotopic (exact) mass is 432 g/mol. The molecule has 0 saturated carbocycles. The highest BCUT2D eigenvalue weighted by molar-refractivity contribution is 7.89. The van der Waals surface area contributed by atoms with Gasteiger partial charge in [0.25, 0.3) is 5.91 Å². The first kappa shape index (κ1) is 20.0. The molecule has 0 atom stereocenters. The smallest absolute Gasteiger partial charge is 0.258 e. The summed E-state index contributed by atoms with van der Waals surface area (Å²) in [7, 11) is -3.45. The SMILES string of the molecule is O=C(c1ccc(-c2ccccc2)cc1)N1CCc2cc(S(=O)(=O)N3CCCC3)ccc21. The average Bonchev–Trinajstić information content (AvgIpc) is 3.50. The molecule has 0 radical (unpaired) electrons. The summed E-state index contributed by atoms with van der Waals surface area (Å²) in [6.07, 6.45) is 2.48. The molecule has 2 aliphatic heterocycles. The molecule has 6 heteroatoms. The molecule has 1 fully saturated rings. The Morgan fingerprint density at radius 1 is 0.774 bits per heavy atom. The lowest BCUT2D eigenvalue weighted by Gasteiger charge is -2.19. The van der Waals surface area contributed by atoms with E-state index < -0.39 is 10.0 Å². The standard InChI is InChI=1S/C25H24N2O3S/c28-25(21-10-8-20(9-11-21)19-6-2-1-3-7-19)27-17-14-22-18-23(12-13-24(22)27)31(29,30)26-15-4-5-16-26/h1-3,6-13,18H,4-5,14-17H2. The fourth-order valence-electron chi connectivity index (χ4n) is 4.42. The summed E-state index contributed by atoms with van der Waals surface area (Å²) in [6.45, 7) is 1.73. The second-order valence-electron chi connectivity index (χ2n) is 8.05. The number of hydrogen-bond donors (Lipinski definition) is 0. The molecular formula is C25H24N2O3S. The Bertz CT molecular complexity index is 1220. The Balaban J connectivity index is 1.38. The number of anilines is 1. The van der Waals surface area contributed by atoms with Crippen LogP contribution >= 0.6 is 0 Å². The van der Waals surface area contributed by atoms with Crippen LogP contribution in [0.25, 0.3) is 11.1 Å². The van der Waals surface area contributed by atoms with Crippen molar-refractivity contribution in [2.45, 2.75) is 24.2 Å². The molecule has 5 rings (SSSR count). The van der Waals surface area contributed by atoms with Gasteiger partial charge >= 0.3 is 0 Å². The van der Waals surface area contributed by atoms with Crippen LogP contribution in [0, 0.1) is 0 Å². The zero-order chi connectivity index (χ0) is 21.4. The van der Waals surface area contributed by atoms with Gasteiger partial charge in [-0.15, -0.1) is 0 Å². The van der Waals surface area contributed by atoms with E-state index in [0.717, 1.165) is 35.2 Å². The molecule has 3 aromatic carbocycles. The van der Waals surface area contributed by atoms with Crippen molar-refractivity contribution in [1.82, 2.24) is 4.31 Å². The van der Waals surface area contributed by atoms with Crippen molar-refractivity contribution in [2.75, 3.05) is 24.5 Å². The maximum absolute atomic E-state index is 13.1. The van der Waals surface area contributed by atoms with Gasteiger partial charge in [0.2, 0.25) is 10.0 Å². The lowest BCUT2D eigenvalue weighted by atomic mass is 10.0. The Kier molecular flexibility index (Phi) is 5.12. The second-order valence-corrected chi connectivity index (χ2v) is 9.99. The maximum atomic E-state index is 13.1. The first-order valence-corrected chi connectivity index (χ1v) is 12.1. The van der Waals surface area contributed by atoms with E-state index in [4.69, 9.17) is 0 Å². The summed E-state index contributed by atoms with van der Waals surface area (Å²) in [5.41, 5.74) is 4.52. The minimum absolute atomic E-state index is 0.0616. The molecule has 0 unspecified atom stereocenters. The summed E-state index contributed by atoms with van der Waals surface area (Å²) >= 11 is 0. The first-order chi connectivity index (χ1) is 15.0. The predicted octanol–water partition coefficient (Wildman–Crippen LogP) is 4.34. The van der Waals surface area contributed by atoms with Gasteiger partial charge in [-0.25, -0.2) is 8.42 Å². The van der Waals surface area contributed by atoms with Gasteiger partial charge in [0.1, 0.15) is 0 Å². The molecule has 0 N–H and O–H groups in total. The number of benzene rings is 3. The molecule has 1 amide bonds. The number of fused-ring (bicyclic) bond motifs is 1. The van der Waals surface area contributed by atoms with Crippen molar-refractivity contribution in [3.05, 3.63) is 83.9 Å². The lowest BCUT2D eigenvalue weighted by Crippen LogP contribution is -2.29. The minimum atomic E-state index is -3.45. The largest absolute Gasteiger partial charge is 0.308 e. The Hall–Kier alpha value is -2.96. The fourth-order valence-corrected chi connectivity index (χ4v) is 5.99. The molecule has 31 heavy (non-hydrogen) atoms. The molecule has 0 aromatic heterocycles. The van der Waals surface area contributed by atoms with Crippen LogP contribution in [0.2, 0.25) is 0 Å². The van der Waals surface area contributed by atoms with E-state index in [1.165, 1.54) is 0 Å². The summed E-state index contributed by atoms with van der Waals surface area (Å²) in [4.78, 5) is 15.2. The van der Waals surface area contributed by atoms with Gasteiger partial charge in [-0.1, -0.05) is 42.5 Å². The number of amides is 1. The third kappa shape index (κ3) is 3.66. The van der Waals surface area contributed by atoms with Gasteiger partial charge in [-0.2, -0.15) is 4.31 Å². The van der Waals surface area contributed by atoms with Crippen LogP contribution in [0.3, 0.4) is 0 Å². The zero-order valence-corrected chi connectivity index (χ0v) is 18.0. The van der Waals surface area contributed by atoms with E-state index in [1.54, 1.807) is 27.4 Å². The van der Waals surface area contributed by atoms with Gasteiger partial charge < -0.3 is 4.90 Å². The lowest BCUT2D eigenvalue weighted by molar-refractivity contribution is 0.0989. The topological polar surface area (TPSA) is 57.7 Å². The molecule has 1 saturated heterocycles. The van der Waals surface area contributed by atoms with E-state index >= 15 is 0 Å². The van der Waals surface area contributed by atoms with Crippen molar-refractivity contribution >= 4 is 21.6 Å². The number of rotatable bonds is 4. The molecule has 3 aromatic rings. The van der Waals surface area contributed by atoms with Crippen LogP contribution in [0.5, 0.6) is 0 Å². The maximum Gasteiger partial charge on any atom is 0.258 e. The number of sulfonamides is 1. The Morgan fingerprint density at radius 2 is 1.45 bits per heavy atom. The minimum Gasteiger partial charge on any atom is -0.308 e. The fraction of sp³-hybridized carbons (Fsp3) is 0.240. The highest BCUT2D eigenvalue weighted by atomic mass is 32.2. The van der Waals surface area contributed by atoms with Crippen molar-refractivity contribution in [3.8, 4) is 11.1 Å². The van der Waals surface area contributed by atoms with Crippen molar-refractivity contribution in [1.29, 1.82) is 0 Å². The van der Waals surface area contributed by atoms with Crippen LogP contribution in [-0.4, -0.2) is 38.3 Å². The molecule has 5 nitrogen and oxygen atoms in total. The third-order valence-corrected chi connectivity index (χ3v) is 8.03. The van der Waals surface area contributed by atoms with Crippen LogP contribution in [0.1, 0.15) is 28.8 Å². The van der Waals surface area contributed by atoms with Crippen LogP contribution in [0.4, 0.5) is 5.69 Å². The molecule has 158 valence electrons. The molecule has 0 bridgehead atoms. The first-order valence-electron chi connectivity index (χ1n) is 10.6. The predicted molar refractivity (Wildman–Crippen MR) is 122 cm³/mol. The highest BCUT2D eigenvalue weighted by Gasteiger charge is 2.31. The highest BCUT2D eigenvalue weighted by Crippen LogP contribution is 2.33. The number of hydrogen-bond acceptors (Lipinski definition) is 3. The average molecular weight is 433 g/mol. The molecule has 0 aliphatic carbocycles. The van der Waals surface area contributed by atoms with E-state index in [9.17, 15) is 13.2 Å². The Labute approximate surface area is 183 Å². The summed E-state index contributed by atoms with van der Waals surface area (Å²) in [6, 6.07) is 22.9. The van der Waals surface area contributed by atoms with Crippen molar-refractivity contribution < 1.29 is 13.2 Å². The number of carbonyl (C=O) groups excluding carboxylic acids is 1. The van der Waals surface area contributed by atoms with Gasteiger partial charge in [0, 0.05) is 30.9 Å². The molecule has 2 aliphatic rings. The van der Waals surface area contributed by atoms with Crippen LogP contribution in [0.15, 0.2) is 77.7 Å².